The molecule has 1 aromatic rings. The number of hydrogen-bond acceptors (Lipinski definition) is 5. The minimum Gasteiger partial charge on any atom is -0.493 e. The van der Waals surface area contributed by atoms with Gasteiger partial charge in [0.25, 0.3) is 5.91 Å². The maximum atomic E-state index is 12.0. The number of anilines is 1. The van der Waals surface area contributed by atoms with Crippen LogP contribution < -0.4 is 10.1 Å². The maximum absolute atomic E-state index is 12.0. The second-order valence-corrected chi connectivity index (χ2v) is 4.55. The van der Waals surface area contributed by atoms with Gasteiger partial charge in [-0.25, -0.2) is 0 Å². The zero-order valence-corrected chi connectivity index (χ0v) is 11.3. The van der Waals surface area contributed by atoms with E-state index in [2.05, 4.69) is 10.3 Å². The summed E-state index contributed by atoms with van der Waals surface area (Å²) < 4.78 is 5.21. The average Bonchev–Trinajstić information content (AvgIpc) is 2.40. The van der Waals surface area contributed by atoms with E-state index in [9.17, 15) is 9.59 Å². The Hall–Kier alpha value is -2.11. The van der Waals surface area contributed by atoms with E-state index in [4.69, 9.17) is 4.74 Å². The Bertz CT molecular complexity index is 516. The van der Waals surface area contributed by atoms with Crippen LogP contribution >= 0.6 is 0 Å². The van der Waals surface area contributed by atoms with Gasteiger partial charge in [-0.3, -0.25) is 19.5 Å². The molecular formula is C13H17N3O3. The van der Waals surface area contributed by atoms with Gasteiger partial charge >= 0.3 is 0 Å². The number of likely N-dealkylation sites (N-methyl/N-ethyl adjacent to an activating group) is 1. The zero-order chi connectivity index (χ0) is 14.0. The third kappa shape index (κ3) is 2.67. The molecule has 102 valence electrons. The fraction of sp³-hybridized carbons (Fsp3) is 0.462. The number of piperidine rings is 1. The first-order chi connectivity index (χ1) is 9.02. The fourth-order valence-electron chi connectivity index (χ4n) is 2.06. The van der Waals surface area contributed by atoms with Gasteiger partial charge in [0.1, 0.15) is 6.04 Å². The number of carbonyl (C=O) groups excluding carboxylic acids is 2. The third-order valence-corrected chi connectivity index (χ3v) is 3.20. The highest BCUT2D eigenvalue weighted by atomic mass is 16.5. The van der Waals surface area contributed by atoms with E-state index in [1.807, 2.05) is 13.0 Å². The molecule has 0 saturated carbocycles. The van der Waals surface area contributed by atoms with Gasteiger partial charge in [-0.2, -0.15) is 0 Å². The molecule has 0 spiro atoms. The molecule has 0 radical (unpaired) electrons. The summed E-state index contributed by atoms with van der Waals surface area (Å²) in [6.45, 7) is 1.86. The van der Waals surface area contributed by atoms with Crippen molar-refractivity contribution in [2.24, 2.45) is 0 Å². The summed E-state index contributed by atoms with van der Waals surface area (Å²) in [5, 5.41) is 3.13. The van der Waals surface area contributed by atoms with Crippen LogP contribution in [0.2, 0.25) is 0 Å². The van der Waals surface area contributed by atoms with Crippen LogP contribution in [0.4, 0.5) is 5.69 Å². The molecule has 1 atom stereocenters. The van der Waals surface area contributed by atoms with Gasteiger partial charge in [0.2, 0.25) is 5.91 Å². The summed E-state index contributed by atoms with van der Waals surface area (Å²) in [4.78, 5) is 28.7. The highest BCUT2D eigenvalue weighted by Crippen LogP contribution is 2.26. The molecule has 1 N–H and O–H groups in total. The number of aromatic nitrogens is 1. The van der Waals surface area contributed by atoms with Gasteiger partial charge < -0.3 is 10.1 Å². The van der Waals surface area contributed by atoms with Crippen molar-refractivity contribution in [2.75, 3.05) is 19.5 Å². The Labute approximate surface area is 111 Å². The van der Waals surface area contributed by atoms with Crippen molar-refractivity contribution in [1.82, 2.24) is 9.88 Å². The molecule has 2 rings (SSSR count). The minimum atomic E-state index is -0.404. The van der Waals surface area contributed by atoms with Crippen molar-refractivity contribution in [2.45, 2.75) is 25.8 Å². The number of carbonyl (C=O) groups is 2. The van der Waals surface area contributed by atoms with Crippen molar-refractivity contribution < 1.29 is 14.3 Å². The van der Waals surface area contributed by atoms with Crippen LogP contribution in [0.3, 0.4) is 0 Å². The van der Waals surface area contributed by atoms with E-state index in [0.29, 0.717) is 18.6 Å². The second kappa shape index (κ2) is 5.26. The van der Waals surface area contributed by atoms with Gasteiger partial charge in [-0.1, -0.05) is 0 Å². The molecule has 1 saturated heterocycles. The first-order valence-corrected chi connectivity index (χ1v) is 6.10. The predicted octanol–water partition coefficient (Wildman–Crippen LogP) is 0.958. The van der Waals surface area contributed by atoms with Crippen LogP contribution in [0.5, 0.6) is 5.75 Å². The zero-order valence-electron chi connectivity index (χ0n) is 11.3. The summed E-state index contributed by atoms with van der Waals surface area (Å²) in [5.41, 5.74) is 1.55. The topological polar surface area (TPSA) is 71.5 Å². The molecule has 1 aliphatic heterocycles. The van der Waals surface area contributed by atoms with Crippen LogP contribution in [0.25, 0.3) is 0 Å². The Morgan fingerprint density at radius 2 is 2.21 bits per heavy atom. The van der Waals surface area contributed by atoms with Gasteiger partial charge in [-0.05, 0) is 19.4 Å². The number of likely N-dealkylation sites (tertiary alicyclic amines) is 1. The van der Waals surface area contributed by atoms with Crippen molar-refractivity contribution >= 4 is 17.5 Å². The lowest BCUT2D eigenvalue weighted by Gasteiger charge is -2.29. The molecule has 6 heteroatoms. The van der Waals surface area contributed by atoms with Crippen LogP contribution in [0, 0.1) is 6.92 Å². The summed E-state index contributed by atoms with van der Waals surface area (Å²) >= 11 is 0. The number of nitrogens with zero attached hydrogens (tertiary/aromatic N) is 2. The monoisotopic (exact) mass is 263 g/mol. The van der Waals surface area contributed by atoms with E-state index in [-0.39, 0.29) is 11.8 Å². The standard InChI is InChI=1S/C13H17N3O3/c1-8-6-10(11(19-3)7-14-8)15-9-4-5-12(17)16(2)13(9)18/h6-7,9H,4-5H2,1-3H3,(H,14,15). The van der Waals surface area contributed by atoms with Gasteiger partial charge in [0.15, 0.2) is 5.75 Å². The summed E-state index contributed by atoms with van der Waals surface area (Å²) in [5.74, 6) is 0.228. The smallest absolute Gasteiger partial charge is 0.251 e. The Balaban J connectivity index is 2.19. The van der Waals surface area contributed by atoms with Crippen molar-refractivity contribution in [3.63, 3.8) is 0 Å². The Morgan fingerprint density at radius 1 is 1.47 bits per heavy atom. The second-order valence-electron chi connectivity index (χ2n) is 4.55. The number of ether oxygens (including phenoxy) is 1. The number of amides is 2. The van der Waals surface area contributed by atoms with E-state index in [1.54, 1.807) is 13.3 Å². The van der Waals surface area contributed by atoms with E-state index >= 15 is 0 Å². The number of imide groups is 1. The molecule has 19 heavy (non-hydrogen) atoms. The lowest BCUT2D eigenvalue weighted by molar-refractivity contribution is -0.146. The van der Waals surface area contributed by atoms with Crippen molar-refractivity contribution in [3.05, 3.63) is 18.0 Å². The lowest BCUT2D eigenvalue weighted by atomic mass is 10.0. The highest BCUT2D eigenvalue weighted by molar-refractivity contribution is 6.01. The van der Waals surface area contributed by atoms with Crippen LogP contribution in [0.15, 0.2) is 12.3 Å². The molecule has 1 unspecified atom stereocenters. The first-order valence-electron chi connectivity index (χ1n) is 6.10. The average molecular weight is 263 g/mol. The van der Waals surface area contributed by atoms with Crippen molar-refractivity contribution in [1.29, 1.82) is 0 Å². The third-order valence-electron chi connectivity index (χ3n) is 3.20. The summed E-state index contributed by atoms with van der Waals surface area (Å²) in [6.07, 6.45) is 2.47. The normalized spacial score (nSPS) is 19.5. The van der Waals surface area contributed by atoms with E-state index in [0.717, 1.165) is 11.4 Å². The summed E-state index contributed by atoms with van der Waals surface area (Å²) in [7, 11) is 3.06. The molecule has 2 heterocycles. The predicted molar refractivity (Wildman–Crippen MR) is 69.9 cm³/mol. The summed E-state index contributed by atoms with van der Waals surface area (Å²) in [6, 6.07) is 1.42. The number of pyridine rings is 1. The largest absolute Gasteiger partial charge is 0.493 e. The quantitative estimate of drug-likeness (QED) is 0.822. The molecule has 0 aromatic carbocycles. The van der Waals surface area contributed by atoms with Crippen LogP contribution in [-0.2, 0) is 9.59 Å². The Morgan fingerprint density at radius 3 is 2.89 bits per heavy atom. The minimum absolute atomic E-state index is 0.138. The van der Waals surface area contributed by atoms with Gasteiger partial charge in [-0.15, -0.1) is 0 Å². The highest BCUT2D eigenvalue weighted by Gasteiger charge is 2.32. The van der Waals surface area contributed by atoms with Crippen LogP contribution in [-0.4, -0.2) is 41.9 Å². The Kier molecular flexibility index (Phi) is 3.69. The number of hydrogen-bond donors (Lipinski definition) is 1. The first kappa shape index (κ1) is 13.3. The fourth-order valence-corrected chi connectivity index (χ4v) is 2.06. The number of nitrogens with one attached hydrogen (secondary N) is 1. The molecular weight excluding hydrogens is 246 g/mol. The van der Waals surface area contributed by atoms with E-state index < -0.39 is 6.04 Å². The molecule has 1 aliphatic rings. The number of methoxy groups -OCH3 is 1. The molecule has 6 nitrogen and oxygen atoms in total. The van der Waals surface area contributed by atoms with Crippen LogP contribution in [0.1, 0.15) is 18.5 Å². The van der Waals surface area contributed by atoms with Crippen molar-refractivity contribution in [3.8, 4) is 5.75 Å². The van der Waals surface area contributed by atoms with Gasteiger partial charge in [0.05, 0.1) is 19.0 Å². The number of rotatable bonds is 3. The van der Waals surface area contributed by atoms with Gasteiger partial charge in [0, 0.05) is 19.2 Å². The van der Waals surface area contributed by atoms with E-state index in [1.165, 1.54) is 11.9 Å². The molecule has 0 aliphatic carbocycles. The molecule has 2 amide bonds. The molecule has 0 bridgehead atoms. The molecule has 1 aromatic heterocycles. The lowest BCUT2D eigenvalue weighted by Crippen LogP contribution is -2.48. The molecule has 1 fully saturated rings. The number of aryl methyl sites for hydroxylation is 1. The SMILES string of the molecule is COc1cnc(C)cc1NC1CCC(=O)N(C)C1=O. The maximum Gasteiger partial charge on any atom is 0.251 e.